The fraction of sp³-hybridized carbons (Fsp3) is 0.529. The van der Waals surface area contributed by atoms with Crippen molar-refractivity contribution in [1.29, 1.82) is 0 Å². The Bertz CT molecular complexity index is 662. The molecule has 2 aromatic heterocycles. The molecule has 4 rings (SSSR count). The zero-order valence-electron chi connectivity index (χ0n) is 13.1. The maximum Gasteiger partial charge on any atom is 0.252 e. The highest BCUT2D eigenvalue weighted by Crippen LogP contribution is 2.31. The summed E-state index contributed by atoms with van der Waals surface area (Å²) in [6.45, 7) is 2.76. The Morgan fingerprint density at radius 2 is 2.30 bits per heavy atom. The van der Waals surface area contributed by atoms with Crippen LogP contribution in [0.4, 0.5) is 0 Å². The molecule has 2 aliphatic rings. The molecule has 5 nitrogen and oxygen atoms in total. The predicted octanol–water partition coefficient (Wildman–Crippen LogP) is 2.67. The number of hydrogen-bond donors (Lipinski definition) is 1. The van der Waals surface area contributed by atoms with Crippen LogP contribution < -0.4 is 5.32 Å². The molecule has 0 radical (unpaired) electrons. The van der Waals surface area contributed by atoms with Crippen LogP contribution in [0.5, 0.6) is 0 Å². The smallest absolute Gasteiger partial charge is 0.252 e. The van der Waals surface area contributed by atoms with E-state index in [-0.39, 0.29) is 5.91 Å². The van der Waals surface area contributed by atoms with Gasteiger partial charge in [-0.25, -0.2) is 0 Å². The van der Waals surface area contributed by atoms with Crippen molar-refractivity contribution < 1.29 is 4.79 Å². The van der Waals surface area contributed by atoms with Gasteiger partial charge in [0.15, 0.2) is 0 Å². The average Bonchev–Trinajstić information content (AvgIpc) is 3.16. The summed E-state index contributed by atoms with van der Waals surface area (Å²) < 4.78 is 2.16. The molecule has 1 amide bonds. The van der Waals surface area contributed by atoms with Crippen molar-refractivity contribution in [2.75, 3.05) is 13.1 Å². The first kappa shape index (κ1) is 14.9. The van der Waals surface area contributed by atoms with Crippen molar-refractivity contribution in [3.63, 3.8) is 0 Å². The summed E-state index contributed by atoms with van der Waals surface area (Å²) in [5, 5.41) is 11.4. The van der Waals surface area contributed by atoms with Crippen LogP contribution in [-0.2, 0) is 6.54 Å². The average molecular weight is 330 g/mol. The standard InChI is InChI=1S/C17H22N4OS/c22-17(13-6-9-23-12-13)18-7-4-15-10-20(14-2-1-3-14)11-16-5-8-19-21(15)16/h5-6,8-9,12,14-15H,1-4,7,10-11H2,(H,18,22)/t15-/m1/s1. The molecule has 122 valence electrons. The van der Waals surface area contributed by atoms with Gasteiger partial charge in [-0.3, -0.25) is 14.4 Å². The van der Waals surface area contributed by atoms with Gasteiger partial charge in [0.25, 0.3) is 5.91 Å². The van der Waals surface area contributed by atoms with Gasteiger partial charge in [-0.2, -0.15) is 16.4 Å². The third kappa shape index (κ3) is 3.05. The Kier molecular flexibility index (Phi) is 4.18. The Labute approximate surface area is 140 Å². The first-order chi connectivity index (χ1) is 11.3. The molecular formula is C17H22N4OS. The largest absolute Gasteiger partial charge is 0.352 e. The van der Waals surface area contributed by atoms with Gasteiger partial charge in [0, 0.05) is 42.8 Å². The lowest BCUT2D eigenvalue weighted by molar-refractivity contribution is 0.0723. The SMILES string of the molecule is O=C(NCC[C@@H]1CN(C2CCC2)Cc2ccnn21)c1ccsc1. The fourth-order valence-corrected chi connectivity index (χ4v) is 4.14. The van der Waals surface area contributed by atoms with E-state index < -0.39 is 0 Å². The molecule has 1 N–H and O–H groups in total. The van der Waals surface area contributed by atoms with Crippen LogP contribution >= 0.6 is 11.3 Å². The summed E-state index contributed by atoms with van der Waals surface area (Å²) in [4.78, 5) is 14.6. The molecule has 1 fully saturated rings. The lowest BCUT2D eigenvalue weighted by Crippen LogP contribution is -2.47. The number of nitrogens with zero attached hydrogens (tertiary/aromatic N) is 3. The number of hydrogen-bond acceptors (Lipinski definition) is 4. The van der Waals surface area contributed by atoms with Gasteiger partial charge in [-0.05, 0) is 36.8 Å². The quantitative estimate of drug-likeness (QED) is 0.917. The number of carbonyl (C=O) groups is 1. The number of thiophene rings is 1. The second kappa shape index (κ2) is 6.45. The molecule has 23 heavy (non-hydrogen) atoms. The minimum atomic E-state index is 0.0265. The van der Waals surface area contributed by atoms with Gasteiger partial charge in [0.1, 0.15) is 0 Å². The molecule has 1 saturated carbocycles. The van der Waals surface area contributed by atoms with Gasteiger partial charge in [-0.15, -0.1) is 0 Å². The monoisotopic (exact) mass is 330 g/mol. The van der Waals surface area contributed by atoms with Gasteiger partial charge < -0.3 is 5.32 Å². The summed E-state index contributed by atoms with van der Waals surface area (Å²) in [6.07, 6.45) is 6.84. The van der Waals surface area contributed by atoms with Crippen LogP contribution in [0.3, 0.4) is 0 Å². The molecule has 3 heterocycles. The second-order valence-electron chi connectivity index (χ2n) is 6.49. The number of aromatic nitrogens is 2. The molecule has 0 aromatic carbocycles. The first-order valence-electron chi connectivity index (χ1n) is 8.38. The normalized spacial score (nSPS) is 21.7. The maximum atomic E-state index is 12.0. The van der Waals surface area contributed by atoms with Crippen LogP contribution in [-0.4, -0.2) is 39.7 Å². The highest BCUT2D eigenvalue weighted by atomic mass is 32.1. The van der Waals surface area contributed by atoms with E-state index in [9.17, 15) is 4.79 Å². The van der Waals surface area contributed by atoms with E-state index in [1.54, 1.807) is 11.3 Å². The van der Waals surface area contributed by atoms with E-state index in [0.717, 1.165) is 31.1 Å². The highest BCUT2D eigenvalue weighted by Gasteiger charge is 2.32. The van der Waals surface area contributed by atoms with Crippen LogP contribution in [0.1, 0.15) is 47.8 Å². The van der Waals surface area contributed by atoms with Crippen molar-refractivity contribution in [2.45, 2.75) is 44.3 Å². The Balaban J connectivity index is 1.37. The van der Waals surface area contributed by atoms with Gasteiger partial charge in [-0.1, -0.05) is 6.42 Å². The minimum Gasteiger partial charge on any atom is -0.352 e. The Hall–Kier alpha value is -1.66. The molecule has 0 spiro atoms. The van der Waals surface area contributed by atoms with Crippen molar-refractivity contribution in [1.82, 2.24) is 20.0 Å². The lowest BCUT2D eigenvalue weighted by Gasteiger charge is -2.42. The van der Waals surface area contributed by atoms with Crippen LogP contribution in [0.25, 0.3) is 0 Å². The van der Waals surface area contributed by atoms with E-state index in [1.165, 1.54) is 25.0 Å². The number of rotatable bonds is 5. The van der Waals surface area contributed by atoms with Crippen LogP contribution in [0.15, 0.2) is 29.1 Å². The maximum absolute atomic E-state index is 12.0. The second-order valence-corrected chi connectivity index (χ2v) is 7.27. The molecule has 0 unspecified atom stereocenters. The molecule has 2 aromatic rings. The van der Waals surface area contributed by atoms with E-state index in [1.807, 2.05) is 23.0 Å². The van der Waals surface area contributed by atoms with Crippen LogP contribution in [0.2, 0.25) is 0 Å². The Morgan fingerprint density at radius 3 is 3.04 bits per heavy atom. The molecule has 1 aliphatic carbocycles. The molecular weight excluding hydrogens is 308 g/mol. The molecule has 0 saturated heterocycles. The lowest BCUT2D eigenvalue weighted by atomic mass is 9.90. The summed E-state index contributed by atoms with van der Waals surface area (Å²) in [5.74, 6) is 0.0265. The van der Waals surface area contributed by atoms with Crippen molar-refractivity contribution >= 4 is 17.2 Å². The summed E-state index contributed by atoms with van der Waals surface area (Å²) in [7, 11) is 0. The molecule has 0 bridgehead atoms. The van der Waals surface area contributed by atoms with Gasteiger partial charge in [0.05, 0.1) is 11.7 Å². The number of fused-ring (bicyclic) bond motifs is 1. The first-order valence-corrected chi connectivity index (χ1v) is 9.32. The zero-order chi connectivity index (χ0) is 15.6. The predicted molar refractivity (Wildman–Crippen MR) is 90.6 cm³/mol. The number of nitrogens with one attached hydrogen (secondary N) is 1. The zero-order valence-corrected chi connectivity index (χ0v) is 14.0. The minimum absolute atomic E-state index is 0.0265. The Morgan fingerprint density at radius 1 is 1.39 bits per heavy atom. The number of carbonyl (C=O) groups excluding carboxylic acids is 1. The highest BCUT2D eigenvalue weighted by molar-refractivity contribution is 7.08. The summed E-state index contributed by atoms with van der Waals surface area (Å²) in [6, 6.07) is 5.10. The van der Waals surface area contributed by atoms with E-state index in [0.29, 0.717) is 12.6 Å². The van der Waals surface area contributed by atoms with E-state index in [4.69, 9.17) is 0 Å². The molecule has 1 aliphatic heterocycles. The topological polar surface area (TPSA) is 50.2 Å². The van der Waals surface area contributed by atoms with Gasteiger partial charge in [0.2, 0.25) is 0 Å². The van der Waals surface area contributed by atoms with Crippen molar-refractivity contribution in [3.8, 4) is 0 Å². The van der Waals surface area contributed by atoms with Gasteiger partial charge >= 0.3 is 0 Å². The van der Waals surface area contributed by atoms with E-state index >= 15 is 0 Å². The molecule has 1 atom stereocenters. The van der Waals surface area contributed by atoms with Crippen molar-refractivity contribution in [2.24, 2.45) is 0 Å². The molecule has 6 heteroatoms. The van der Waals surface area contributed by atoms with Crippen molar-refractivity contribution in [3.05, 3.63) is 40.3 Å². The summed E-state index contributed by atoms with van der Waals surface area (Å²) in [5.41, 5.74) is 2.06. The third-order valence-electron chi connectivity index (χ3n) is 5.05. The number of amides is 1. The van der Waals surface area contributed by atoms with E-state index in [2.05, 4.69) is 26.1 Å². The third-order valence-corrected chi connectivity index (χ3v) is 5.73. The van der Waals surface area contributed by atoms with Crippen LogP contribution in [0, 0.1) is 0 Å². The summed E-state index contributed by atoms with van der Waals surface area (Å²) >= 11 is 1.55. The fourth-order valence-electron chi connectivity index (χ4n) is 3.51.